The molecule has 84 valence electrons. The molecule has 1 rings (SSSR count). The molecule has 0 aromatic carbocycles. The average Bonchev–Trinajstić information content (AvgIpc) is 2.02. The summed E-state index contributed by atoms with van der Waals surface area (Å²) in [6.07, 6.45) is 6.39. The summed E-state index contributed by atoms with van der Waals surface area (Å²) in [6.45, 7) is 9.25. The molecule has 0 radical (unpaired) electrons. The molecule has 0 atom stereocenters. The van der Waals surface area contributed by atoms with E-state index < -0.39 is 0 Å². The molecule has 2 N–H and O–H groups in total. The lowest BCUT2D eigenvalue weighted by Crippen LogP contribution is -2.44. The third kappa shape index (κ3) is 3.27. The van der Waals surface area contributed by atoms with E-state index in [9.17, 15) is 0 Å². The monoisotopic (exact) mass is 197 g/mol. The predicted octanol–water partition coefficient (Wildman–Crippen LogP) is 3.58. The van der Waals surface area contributed by atoms with Crippen molar-refractivity contribution in [2.24, 2.45) is 23.5 Å². The number of nitrogens with two attached hydrogens (primary N) is 1. The van der Waals surface area contributed by atoms with E-state index in [1.807, 2.05) is 0 Å². The van der Waals surface area contributed by atoms with Gasteiger partial charge in [-0.15, -0.1) is 0 Å². The van der Waals surface area contributed by atoms with E-state index in [4.69, 9.17) is 5.73 Å². The van der Waals surface area contributed by atoms with Crippen LogP contribution >= 0.6 is 0 Å². The van der Waals surface area contributed by atoms with Gasteiger partial charge in [0.2, 0.25) is 0 Å². The van der Waals surface area contributed by atoms with E-state index in [0.717, 1.165) is 17.8 Å². The maximum atomic E-state index is 6.42. The van der Waals surface area contributed by atoms with Crippen LogP contribution in [0.25, 0.3) is 0 Å². The van der Waals surface area contributed by atoms with Gasteiger partial charge in [0.15, 0.2) is 0 Å². The molecule has 1 saturated carbocycles. The molecule has 0 aliphatic heterocycles. The number of rotatable bonds is 3. The van der Waals surface area contributed by atoms with Crippen LogP contribution < -0.4 is 5.73 Å². The molecule has 0 bridgehead atoms. The second kappa shape index (κ2) is 4.65. The summed E-state index contributed by atoms with van der Waals surface area (Å²) in [5.41, 5.74) is 6.59. The smallest absolute Gasteiger partial charge is 0.0157 e. The largest absolute Gasteiger partial charge is 0.325 e. The second-order valence-corrected chi connectivity index (χ2v) is 6.04. The highest BCUT2D eigenvalue weighted by Crippen LogP contribution is 2.37. The summed E-state index contributed by atoms with van der Waals surface area (Å²) in [5, 5.41) is 0. The summed E-state index contributed by atoms with van der Waals surface area (Å²) in [4.78, 5) is 0. The van der Waals surface area contributed by atoms with Gasteiger partial charge in [0.25, 0.3) is 0 Å². The third-order valence-corrected chi connectivity index (χ3v) is 3.78. The van der Waals surface area contributed by atoms with Gasteiger partial charge in [0, 0.05) is 5.54 Å². The zero-order chi connectivity index (χ0) is 10.8. The first kappa shape index (κ1) is 12.0. The van der Waals surface area contributed by atoms with Crippen LogP contribution in [0.5, 0.6) is 0 Å². The Morgan fingerprint density at radius 2 is 1.64 bits per heavy atom. The summed E-state index contributed by atoms with van der Waals surface area (Å²) in [6, 6.07) is 0. The first-order valence-electron chi connectivity index (χ1n) is 6.22. The summed E-state index contributed by atoms with van der Waals surface area (Å²) in [5.74, 6) is 2.52. The van der Waals surface area contributed by atoms with Crippen molar-refractivity contribution in [1.82, 2.24) is 0 Å². The highest BCUT2D eigenvalue weighted by atomic mass is 14.7. The van der Waals surface area contributed by atoms with Gasteiger partial charge in [-0.25, -0.2) is 0 Å². The molecule has 0 amide bonds. The minimum absolute atomic E-state index is 0.166. The lowest BCUT2D eigenvalue weighted by molar-refractivity contribution is 0.174. The summed E-state index contributed by atoms with van der Waals surface area (Å²) >= 11 is 0. The van der Waals surface area contributed by atoms with Crippen LogP contribution in [0.1, 0.15) is 59.8 Å². The van der Waals surface area contributed by atoms with Crippen LogP contribution in [-0.4, -0.2) is 5.54 Å². The molecule has 0 aromatic heterocycles. The normalized spacial score (nSPS) is 34.1. The second-order valence-electron chi connectivity index (χ2n) is 6.04. The van der Waals surface area contributed by atoms with Crippen molar-refractivity contribution < 1.29 is 0 Å². The zero-order valence-corrected chi connectivity index (χ0v) is 10.3. The minimum Gasteiger partial charge on any atom is -0.325 e. The Hall–Kier alpha value is -0.0400. The van der Waals surface area contributed by atoms with E-state index in [0.29, 0.717) is 0 Å². The van der Waals surface area contributed by atoms with Crippen LogP contribution in [0.3, 0.4) is 0 Å². The lowest BCUT2D eigenvalue weighted by atomic mass is 9.70. The Balaban J connectivity index is 2.41. The zero-order valence-electron chi connectivity index (χ0n) is 10.3. The summed E-state index contributed by atoms with van der Waals surface area (Å²) in [7, 11) is 0. The molecular weight excluding hydrogens is 170 g/mol. The molecule has 0 aromatic rings. The van der Waals surface area contributed by atoms with E-state index in [-0.39, 0.29) is 5.54 Å². The van der Waals surface area contributed by atoms with Crippen molar-refractivity contribution >= 4 is 0 Å². The van der Waals surface area contributed by atoms with Crippen LogP contribution in [0, 0.1) is 17.8 Å². The Bertz CT molecular complexity index is 164. The van der Waals surface area contributed by atoms with Gasteiger partial charge in [-0.05, 0) is 49.9 Å². The van der Waals surface area contributed by atoms with Gasteiger partial charge in [-0.3, -0.25) is 0 Å². The predicted molar refractivity (Wildman–Crippen MR) is 63.2 cm³/mol. The Kier molecular flexibility index (Phi) is 4.00. The molecular formula is C13H27N. The average molecular weight is 197 g/mol. The molecule has 14 heavy (non-hydrogen) atoms. The standard InChI is InChI=1S/C13H27N/c1-10(2)9-13(14)7-5-12(6-8-13)11(3)4/h10-12H,5-9,14H2,1-4H3. The third-order valence-electron chi connectivity index (χ3n) is 3.78. The molecule has 1 fully saturated rings. The van der Waals surface area contributed by atoms with Crippen molar-refractivity contribution in [3.05, 3.63) is 0 Å². The molecule has 1 aliphatic rings. The number of hydrogen-bond acceptors (Lipinski definition) is 1. The van der Waals surface area contributed by atoms with Gasteiger partial charge in [0.1, 0.15) is 0 Å². The van der Waals surface area contributed by atoms with Crippen molar-refractivity contribution in [2.45, 2.75) is 65.3 Å². The molecule has 0 spiro atoms. The van der Waals surface area contributed by atoms with E-state index >= 15 is 0 Å². The first-order chi connectivity index (χ1) is 6.43. The number of hydrogen-bond donors (Lipinski definition) is 1. The van der Waals surface area contributed by atoms with Crippen molar-refractivity contribution in [2.75, 3.05) is 0 Å². The molecule has 1 nitrogen and oxygen atoms in total. The lowest BCUT2D eigenvalue weighted by Gasteiger charge is -2.39. The van der Waals surface area contributed by atoms with Crippen LogP contribution in [0.2, 0.25) is 0 Å². The Morgan fingerprint density at radius 1 is 1.14 bits per heavy atom. The van der Waals surface area contributed by atoms with Crippen molar-refractivity contribution in [3.8, 4) is 0 Å². The first-order valence-corrected chi connectivity index (χ1v) is 6.22. The fourth-order valence-electron chi connectivity index (χ4n) is 2.90. The van der Waals surface area contributed by atoms with Crippen molar-refractivity contribution in [1.29, 1.82) is 0 Å². The van der Waals surface area contributed by atoms with Gasteiger partial charge in [-0.1, -0.05) is 27.7 Å². The molecule has 1 aliphatic carbocycles. The van der Waals surface area contributed by atoms with E-state index in [1.165, 1.54) is 32.1 Å². The van der Waals surface area contributed by atoms with Gasteiger partial charge < -0.3 is 5.73 Å². The van der Waals surface area contributed by atoms with Gasteiger partial charge in [-0.2, -0.15) is 0 Å². The van der Waals surface area contributed by atoms with Crippen LogP contribution in [0.15, 0.2) is 0 Å². The molecule has 1 heteroatoms. The fraction of sp³-hybridized carbons (Fsp3) is 1.00. The maximum Gasteiger partial charge on any atom is 0.0157 e. The molecule has 0 heterocycles. The topological polar surface area (TPSA) is 26.0 Å². The highest BCUT2D eigenvalue weighted by molar-refractivity contribution is 4.90. The van der Waals surface area contributed by atoms with Gasteiger partial charge in [0.05, 0.1) is 0 Å². The minimum atomic E-state index is 0.166. The fourth-order valence-corrected chi connectivity index (χ4v) is 2.90. The SMILES string of the molecule is CC(C)CC1(N)CCC(C(C)C)CC1. The van der Waals surface area contributed by atoms with Crippen LogP contribution in [0.4, 0.5) is 0 Å². The van der Waals surface area contributed by atoms with E-state index in [1.54, 1.807) is 0 Å². The highest BCUT2D eigenvalue weighted by Gasteiger charge is 2.32. The summed E-state index contributed by atoms with van der Waals surface area (Å²) < 4.78 is 0. The molecule has 0 unspecified atom stereocenters. The van der Waals surface area contributed by atoms with Crippen LogP contribution in [-0.2, 0) is 0 Å². The van der Waals surface area contributed by atoms with E-state index in [2.05, 4.69) is 27.7 Å². The Labute approximate surface area is 89.5 Å². The van der Waals surface area contributed by atoms with Gasteiger partial charge >= 0.3 is 0 Å². The quantitative estimate of drug-likeness (QED) is 0.735. The maximum absolute atomic E-state index is 6.42. The Morgan fingerprint density at radius 3 is 2.00 bits per heavy atom. The molecule has 0 saturated heterocycles. The van der Waals surface area contributed by atoms with Crippen molar-refractivity contribution in [3.63, 3.8) is 0 Å².